The quantitative estimate of drug-likeness (QED) is 0.811. The Hall–Kier alpha value is -1.95. The molecule has 1 saturated heterocycles. The third kappa shape index (κ3) is 5.03. The molecule has 0 spiro atoms. The summed E-state index contributed by atoms with van der Waals surface area (Å²) in [6, 6.07) is 3.24. The van der Waals surface area contributed by atoms with Gasteiger partial charge in [-0.05, 0) is 37.3 Å². The number of rotatable bonds is 6. The van der Waals surface area contributed by atoms with E-state index < -0.39 is 0 Å². The monoisotopic (exact) mass is 319 g/mol. The number of pyridine rings is 1. The van der Waals surface area contributed by atoms with Crippen LogP contribution in [0.3, 0.4) is 0 Å². The smallest absolute Gasteiger partial charge is 0.269 e. The summed E-state index contributed by atoms with van der Waals surface area (Å²) in [7, 11) is 1.62. The molecule has 0 aromatic carbocycles. The number of nitrogens with zero attached hydrogens (tertiary/aromatic N) is 2. The van der Waals surface area contributed by atoms with Crippen LogP contribution in [0.4, 0.5) is 0 Å². The molecule has 2 amide bonds. The summed E-state index contributed by atoms with van der Waals surface area (Å²) < 4.78 is 4.94. The van der Waals surface area contributed by atoms with Gasteiger partial charge in [0.15, 0.2) is 0 Å². The van der Waals surface area contributed by atoms with Crippen molar-refractivity contribution in [2.45, 2.75) is 26.2 Å². The van der Waals surface area contributed by atoms with Gasteiger partial charge in [-0.15, -0.1) is 0 Å². The molecule has 0 unspecified atom stereocenters. The molecule has 0 radical (unpaired) electrons. The first-order valence-corrected chi connectivity index (χ1v) is 8.14. The van der Waals surface area contributed by atoms with E-state index in [-0.39, 0.29) is 17.5 Å². The van der Waals surface area contributed by atoms with Crippen LogP contribution in [0.15, 0.2) is 18.3 Å². The van der Waals surface area contributed by atoms with Gasteiger partial charge in [0, 0.05) is 45.1 Å². The lowest BCUT2D eigenvalue weighted by atomic mass is 9.98. The zero-order chi connectivity index (χ0) is 16.7. The molecule has 6 nitrogen and oxygen atoms in total. The standard InChI is InChI=1S/C17H25N3O3/c1-13-5-9-20(10-6-13)17(22)14-4-8-18-15(12-14)16(21)19-7-3-11-23-2/h4,8,12-13H,3,5-7,9-11H2,1-2H3,(H,19,21). The number of hydrogen-bond acceptors (Lipinski definition) is 4. The molecule has 1 aliphatic heterocycles. The van der Waals surface area contributed by atoms with Crippen LogP contribution in [0.5, 0.6) is 0 Å². The lowest BCUT2D eigenvalue weighted by molar-refractivity contribution is 0.0697. The fraction of sp³-hybridized carbons (Fsp3) is 0.588. The molecule has 0 bridgehead atoms. The molecule has 1 N–H and O–H groups in total. The normalized spacial score (nSPS) is 15.5. The minimum atomic E-state index is -0.261. The van der Waals surface area contributed by atoms with E-state index in [0.29, 0.717) is 24.6 Å². The fourth-order valence-electron chi connectivity index (χ4n) is 2.59. The molecule has 0 saturated carbocycles. The molecular formula is C17H25N3O3. The van der Waals surface area contributed by atoms with E-state index in [2.05, 4.69) is 17.2 Å². The number of methoxy groups -OCH3 is 1. The Morgan fingerprint density at radius 1 is 1.39 bits per heavy atom. The van der Waals surface area contributed by atoms with Crippen molar-refractivity contribution in [3.8, 4) is 0 Å². The predicted octanol–water partition coefficient (Wildman–Crippen LogP) is 1.72. The van der Waals surface area contributed by atoms with E-state index in [4.69, 9.17) is 4.74 Å². The third-order valence-electron chi connectivity index (χ3n) is 4.12. The largest absolute Gasteiger partial charge is 0.385 e. The van der Waals surface area contributed by atoms with Crippen LogP contribution in [0.25, 0.3) is 0 Å². The van der Waals surface area contributed by atoms with E-state index in [1.807, 2.05) is 4.90 Å². The van der Waals surface area contributed by atoms with Crippen molar-refractivity contribution in [1.29, 1.82) is 0 Å². The topological polar surface area (TPSA) is 71.5 Å². The maximum atomic E-state index is 12.5. The summed E-state index contributed by atoms with van der Waals surface area (Å²) in [5.41, 5.74) is 0.801. The summed E-state index contributed by atoms with van der Waals surface area (Å²) in [6.07, 6.45) is 4.32. The van der Waals surface area contributed by atoms with Crippen LogP contribution < -0.4 is 5.32 Å². The van der Waals surface area contributed by atoms with Gasteiger partial charge in [-0.1, -0.05) is 6.92 Å². The first kappa shape index (κ1) is 17.4. The Labute approximate surface area is 137 Å². The molecule has 1 aromatic rings. The van der Waals surface area contributed by atoms with Gasteiger partial charge in [0.1, 0.15) is 5.69 Å². The van der Waals surface area contributed by atoms with Crippen molar-refractivity contribution in [1.82, 2.24) is 15.2 Å². The van der Waals surface area contributed by atoms with Gasteiger partial charge < -0.3 is 15.0 Å². The zero-order valence-electron chi connectivity index (χ0n) is 13.9. The Morgan fingerprint density at radius 3 is 2.83 bits per heavy atom. The second-order valence-corrected chi connectivity index (χ2v) is 6.01. The molecule has 0 aliphatic carbocycles. The lowest BCUT2D eigenvalue weighted by Crippen LogP contribution is -2.38. The minimum absolute atomic E-state index is 0.0206. The Morgan fingerprint density at radius 2 is 2.13 bits per heavy atom. The highest BCUT2D eigenvalue weighted by Crippen LogP contribution is 2.18. The fourth-order valence-corrected chi connectivity index (χ4v) is 2.59. The molecule has 6 heteroatoms. The summed E-state index contributed by atoms with van der Waals surface area (Å²) in [5, 5.41) is 2.78. The summed E-state index contributed by atoms with van der Waals surface area (Å²) in [6.45, 7) is 4.89. The number of carbonyl (C=O) groups excluding carboxylic acids is 2. The number of aromatic nitrogens is 1. The number of hydrogen-bond donors (Lipinski definition) is 1. The van der Waals surface area contributed by atoms with Crippen LogP contribution in [0.2, 0.25) is 0 Å². The summed E-state index contributed by atoms with van der Waals surface area (Å²) >= 11 is 0. The Balaban J connectivity index is 1.96. The molecule has 1 aliphatic rings. The zero-order valence-corrected chi connectivity index (χ0v) is 13.9. The van der Waals surface area contributed by atoms with Crippen molar-refractivity contribution >= 4 is 11.8 Å². The molecule has 1 fully saturated rings. The predicted molar refractivity (Wildman–Crippen MR) is 87.4 cm³/mol. The second-order valence-electron chi connectivity index (χ2n) is 6.01. The van der Waals surface area contributed by atoms with Crippen LogP contribution in [0.1, 0.15) is 47.0 Å². The number of carbonyl (C=O) groups is 2. The van der Waals surface area contributed by atoms with Gasteiger partial charge >= 0.3 is 0 Å². The Bertz CT molecular complexity index is 540. The minimum Gasteiger partial charge on any atom is -0.385 e. The second kappa shape index (κ2) is 8.62. The third-order valence-corrected chi connectivity index (χ3v) is 4.12. The molecule has 0 atom stereocenters. The molecule has 2 heterocycles. The number of ether oxygens (including phenoxy) is 1. The summed E-state index contributed by atoms with van der Waals surface area (Å²) in [5.74, 6) is 0.390. The van der Waals surface area contributed by atoms with Crippen LogP contribution in [-0.4, -0.2) is 55.0 Å². The molecular weight excluding hydrogens is 294 g/mol. The van der Waals surface area contributed by atoms with Crippen molar-refractivity contribution in [2.24, 2.45) is 5.92 Å². The van der Waals surface area contributed by atoms with E-state index in [0.717, 1.165) is 32.4 Å². The van der Waals surface area contributed by atoms with E-state index >= 15 is 0 Å². The van der Waals surface area contributed by atoms with Crippen molar-refractivity contribution in [3.05, 3.63) is 29.6 Å². The highest BCUT2D eigenvalue weighted by Gasteiger charge is 2.22. The van der Waals surface area contributed by atoms with E-state index in [9.17, 15) is 9.59 Å². The molecule has 1 aromatic heterocycles. The molecule has 23 heavy (non-hydrogen) atoms. The first-order valence-electron chi connectivity index (χ1n) is 8.14. The van der Waals surface area contributed by atoms with Crippen molar-refractivity contribution < 1.29 is 14.3 Å². The highest BCUT2D eigenvalue weighted by molar-refractivity contribution is 5.98. The van der Waals surface area contributed by atoms with Gasteiger partial charge in [-0.2, -0.15) is 0 Å². The van der Waals surface area contributed by atoms with Gasteiger partial charge in [0.05, 0.1) is 0 Å². The van der Waals surface area contributed by atoms with E-state index in [1.165, 1.54) is 6.20 Å². The SMILES string of the molecule is COCCCNC(=O)c1cc(C(=O)N2CCC(C)CC2)ccn1. The first-order chi connectivity index (χ1) is 11.1. The van der Waals surface area contributed by atoms with Crippen molar-refractivity contribution in [2.75, 3.05) is 33.4 Å². The summed E-state index contributed by atoms with van der Waals surface area (Å²) in [4.78, 5) is 30.5. The van der Waals surface area contributed by atoms with Crippen molar-refractivity contribution in [3.63, 3.8) is 0 Å². The number of nitrogens with one attached hydrogen (secondary N) is 1. The van der Waals surface area contributed by atoms with Gasteiger partial charge in [0.2, 0.25) is 0 Å². The van der Waals surface area contributed by atoms with Crippen LogP contribution in [0, 0.1) is 5.92 Å². The van der Waals surface area contributed by atoms with E-state index in [1.54, 1.807) is 19.2 Å². The maximum absolute atomic E-state index is 12.5. The van der Waals surface area contributed by atoms with Gasteiger partial charge in [-0.3, -0.25) is 14.6 Å². The van der Waals surface area contributed by atoms with Crippen LogP contribution >= 0.6 is 0 Å². The maximum Gasteiger partial charge on any atom is 0.269 e. The average molecular weight is 319 g/mol. The van der Waals surface area contributed by atoms with Gasteiger partial charge in [-0.25, -0.2) is 0 Å². The Kier molecular flexibility index (Phi) is 6.52. The highest BCUT2D eigenvalue weighted by atomic mass is 16.5. The lowest BCUT2D eigenvalue weighted by Gasteiger charge is -2.30. The average Bonchev–Trinajstić information content (AvgIpc) is 2.59. The number of piperidine rings is 1. The van der Waals surface area contributed by atoms with Gasteiger partial charge in [0.25, 0.3) is 11.8 Å². The molecule has 126 valence electrons. The number of likely N-dealkylation sites (tertiary alicyclic amines) is 1. The molecule has 2 rings (SSSR count). The van der Waals surface area contributed by atoms with Crippen LogP contribution in [-0.2, 0) is 4.74 Å². The number of amides is 2.